The molecular formula is C21H27NO. The van der Waals surface area contributed by atoms with Crippen molar-refractivity contribution in [2.75, 3.05) is 21.2 Å². The highest BCUT2D eigenvalue weighted by molar-refractivity contribution is 5.49. The highest BCUT2D eigenvalue weighted by atomic mass is 16.5. The fourth-order valence-corrected chi connectivity index (χ4v) is 3.08. The van der Waals surface area contributed by atoms with E-state index in [1.165, 1.54) is 11.1 Å². The Morgan fingerprint density at radius 3 is 2.17 bits per heavy atom. The molecule has 2 nitrogen and oxygen atoms in total. The van der Waals surface area contributed by atoms with Crippen molar-refractivity contribution in [2.45, 2.75) is 25.3 Å². The van der Waals surface area contributed by atoms with Crippen molar-refractivity contribution in [1.29, 1.82) is 0 Å². The number of methoxy groups -OCH3 is 1. The standard InChI is InChI=1S/C21H27NO/c1-5-21(22(2)3,19-13-15-20(23-4)16-14-19)17-9-12-18-10-7-6-8-11-18/h6-16H,5,17H2,1-4H3. The normalized spacial score (nSPS) is 14.1. The number of ether oxygens (including phenoxy) is 1. The summed E-state index contributed by atoms with van der Waals surface area (Å²) >= 11 is 0. The molecule has 0 saturated heterocycles. The largest absolute Gasteiger partial charge is 0.497 e. The summed E-state index contributed by atoms with van der Waals surface area (Å²) in [4.78, 5) is 2.32. The monoisotopic (exact) mass is 309 g/mol. The van der Waals surface area contributed by atoms with Crippen molar-refractivity contribution in [3.8, 4) is 5.75 Å². The Morgan fingerprint density at radius 2 is 1.65 bits per heavy atom. The van der Waals surface area contributed by atoms with Gasteiger partial charge in [-0.05, 0) is 50.2 Å². The molecule has 0 fully saturated rings. The topological polar surface area (TPSA) is 12.5 Å². The van der Waals surface area contributed by atoms with Crippen LogP contribution in [0.3, 0.4) is 0 Å². The van der Waals surface area contributed by atoms with E-state index in [2.05, 4.69) is 74.5 Å². The van der Waals surface area contributed by atoms with E-state index in [0.29, 0.717) is 0 Å². The van der Waals surface area contributed by atoms with Crippen LogP contribution in [0, 0.1) is 0 Å². The molecular weight excluding hydrogens is 282 g/mol. The minimum Gasteiger partial charge on any atom is -0.497 e. The number of hydrogen-bond acceptors (Lipinski definition) is 2. The zero-order valence-corrected chi connectivity index (χ0v) is 14.6. The molecule has 0 amide bonds. The van der Waals surface area contributed by atoms with Crippen LogP contribution in [-0.4, -0.2) is 26.1 Å². The quantitative estimate of drug-likeness (QED) is 0.716. The summed E-state index contributed by atoms with van der Waals surface area (Å²) < 4.78 is 5.29. The maximum atomic E-state index is 5.29. The Balaban J connectivity index is 2.26. The summed E-state index contributed by atoms with van der Waals surface area (Å²) in [7, 11) is 6.02. The van der Waals surface area contributed by atoms with Crippen molar-refractivity contribution in [2.24, 2.45) is 0 Å². The fourth-order valence-electron chi connectivity index (χ4n) is 3.08. The lowest BCUT2D eigenvalue weighted by Gasteiger charge is -2.39. The van der Waals surface area contributed by atoms with Gasteiger partial charge in [-0.2, -0.15) is 0 Å². The van der Waals surface area contributed by atoms with Crippen molar-refractivity contribution >= 4 is 6.08 Å². The van der Waals surface area contributed by atoms with E-state index in [4.69, 9.17) is 4.74 Å². The number of rotatable bonds is 7. The third kappa shape index (κ3) is 4.02. The first kappa shape index (κ1) is 17.3. The van der Waals surface area contributed by atoms with Gasteiger partial charge in [0.15, 0.2) is 0 Å². The second-order valence-electron chi connectivity index (χ2n) is 6.03. The molecule has 0 N–H and O–H groups in total. The van der Waals surface area contributed by atoms with Crippen LogP contribution in [0.25, 0.3) is 6.08 Å². The number of benzene rings is 2. The molecule has 0 aliphatic heterocycles. The van der Waals surface area contributed by atoms with Crippen LogP contribution in [0.2, 0.25) is 0 Å². The SMILES string of the molecule is CCC(CC=Cc1ccccc1)(c1ccc(OC)cc1)N(C)C. The van der Waals surface area contributed by atoms with Crippen LogP contribution in [0.1, 0.15) is 30.9 Å². The first-order valence-electron chi connectivity index (χ1n) is 8.16. The maximum absolute atomic E-state index is 5.29. The Labute approximate surface area is 140 Å². The van der Waals surface area contributed by atoms with Crippen LogP contribution in [-0.2, 0) is 5.54 Å². The minimum absolute atomic E-state index is 0.00243. The second kappa shape index (κ2) is 7.98. The molecule has 1 unspecified atom stereocenters. The molecule has 0 aliphatic rings. The molecule has 122 valence electrons. The number of nitrogens with zero attached hydrogens (tertiary/aromatic N) is 1. The van der Waals surface area contributed by atoms with Gasteiger partial charge in [-0.1, -0.05) is 61.5 Å². The molecule has 2 heteroatoms. The summed E-state index contributed by atoms with van der Waals surface area (Å²) in [6, 6.07) is 18.9. The Kier molecular flexibility index (Phi) is 6.00. The molecule has 0 radical (unpaired) electrons. The van der Waals surface area contributed by atoms with Gasteiger partial charge in [-0.15, -0.1) is 0 Å². The first-order chi connectivity index (χ1) is 11.1. The van der Waals surface area contributed by atoms with E-state index in [-0.39, 0.29) is 5.54 Å². The fraction of sp³-hybridized carbons (Fsp3) is 0.333. The average Bonchev–Trinajstić information content (AvgIpc) is 2.60. The van der Waals surface area contributed by atoms with Crippen molar-refractivity contribution in [3.63, 3.8) is 0 Å². The first-order valence-corrected chi connectivity index (χ1v) is 8.16. The molecule has 0 saturated carbocycles. The molecule has 0 heterocycles. The molecule has 2 rings (SSSR count). The van der Waals surface area contributed by atoms with E-state index in [9.17, 15) is 0 Å². The van der Waals surface area contributed by atoms with Crippen LogP contribution >= 0.6 is 0 Å². The second-order valence-corrected chi connectivity index (χ2v) is 6.03. The van der Waals surface area contributed by atoms with Gasteiger partial charge in [0.2, 0.25) is 0 Å². The van der Waals surface area contributed by atoms with Gasteiger partial charge >= 0.3 is 0 Å². The van der Waals surface area contributed by atoms with E-state index in [1.807, 2.05) is 18.2 Å². The van der Waals surface area contributed by atoms with E-state index in [1.54, 1.807) is 7.11 Å². The van der Waals surface area contributed by atoms with E-state index < -0.39 is 0 Å². The lowest BCUT2D eigenvalue weighted by Crippen LogP contribution is -2.40. The van der Waals surface area contributed by atoms with Crippen molar-refractivity contribution in [3.05, 3.63) is 71.8 Å². The molecule has 23 heavy (non-hydrogen) atoms. The highest BCUT2D eigenvalue weighted by Gasteiger charge is 2.31. The smallest absolute Gasteiger partial charge is 0.118 e. The van der Waals surface area contributed by atoms with Gasteiger partial charge in [0, 0.05) is 5.54 Å². The van der Waals surface area contributed by atoms with Crippen molar-refractivity contribution < 1.29 is 4.74 Å². The molecule has 0 spiro atoms. The molecule has 0 aliphatic carbocycles. The third-order valence-corrected chi connectivity index (χ3v) is 4.63. The Hall–Kier alpha value is -2.06. The van der Waals surface area contributed by atoms with Crippen molar-refractivity contribution in [1.82, 2.24) is 4.90 Å². The van der Waals surface area contributed by atoms with Gasteiger partial charge in [-0.3, -0.25) is 4.90 Å². The molecule has 2 aromatic rings. The Morgan fingerprint density at radius 1 is 1.00 bits per heavy atom. The molecule has 0 bridgehead atoms. The molecule has 2 aromatic carbocycles. The molecule has 1 atom stereocenters. The summed E-state index contributed by atoms with van der Waals surface area (Å²) in [5.74, 6) is 0.900. The third-order valence-electron chi connectivity index (χ3n) is 4.63. The zero-order valence-electron chi connectivity index (χ0n) is 14.6. The molecule has 0 aromatic heterocycles. The van der Waals surface area contributed by atoms with Gasteiger partial charge < -0.3 is 4.74 Å². The number of hydrogen-bond donors (Lipinski definition) is 0. The minimum atomic E-state index is -0.00243. The van der Waals surface area contributed by atoms with Gasteiger partial charge in [0.1, 0.15) is 5.75 Å². The lowest BCUT2D eigenvalue weighted by atomic mass is 9.82. The van der Waals surface area contributed by atoms with Crippen LogP contribution in [0.4, 0.5) is 0 Å². The van der Waals surface area contributed by atoms with Gasteiger partial charge in [0.25, 0.3) is 0 Å². The van der Waals surface area contributed by atoms with Crippen LogP contribution in [0.15, 0.2) is 60.7 Å². The maximum Gasteiger partial charge on any atom is 0.118 e. The van der Waals surface area contributed by atoms with E-state index >= 15 is 0 Å². The predicted molar refractivity (Wildman–Crippen MR) is 98.7 cm³/mol. The predicted octanol–water partition coefficient (Wildman–Crippen LogP) is 4.97. The zero-order chi connectivity index (χ0) is 16.7. The summed E-state index contributed by atoms with van der Waals surface area (Å²) in [6.45, 7) is 2.25. The highest BCUT2D eigenvalue weighted by Crippen LogP contribution is 2.35. The van der Waals surface area contributed by atoms with Gasteiger partial charge in [0.05, 0.1) is 7.11 Å². The van der Waals surface area contributed by atoms with E-state index in [0.717, 1.165) is 18.6 Å². The Bertz CT molecular complexity index is 616. The lowest BCUT2D eigenvalue weighted by molar-refractivity contribution is 0.147. The van der Waals surface area contributed by atoms with Crippen LogP contribution < -0.4 is 4.74 Å². The average molecular weight is 309 g/mol. The van der Waals surface area contributed by atoms with Gasteiger partial charge in [-0.25, -0.2) is 0 Å². The van der Waals surface area contributed by atoms with Crippen LogP contribution in [0.5, 0.6) is 5.75 Å². The summed E-state index contributed by atoms with van der Waals surface area (Å²) in [5.41, 5.74) is 2.56. The summed E-state index contributed by atoms with van der Waals surface area (Å²) in [6.07, 6.45) is 6.50. The summed E-state index contributed by atoms with van der Waals surface area (Å²) in [5, 5.41) is 0.